The molecule has 0 amide bonds. The Labute approximate surface area is 120 Å². The van der Waals surface area contributed by atoms with Gasteiger partial charge in [-0.1, -0.05) is 48.5 Å². The monoisotopic (exact) mass is 267 g/mol. The van der Waals surface area contributed by atoms with Crippen molar-refractivity contribution in [1.29, 1.82) is 0 Å². The van der Waals surface area contributed by atoms with E-state index in [0.717, 1.165) is 25.4 Å². The van der Waals surface area contributed by atoms with Crippen LogP contribution in [0.2, 0.25) is 0 Å². The zero-order valence-electron chi connectivity index (χ0n) is 11.7. The molecule has 2 atom stereocenters. The van der Waals surface area contributed by atoms with Gasteiger partial charge in [0.25, 0.3) is 0 Å². The molecule has 0 radical (unpaired) electrons. The van der Waals surface area contributed by atoms with Gasteiger partial charge < -0.3 is 10.1 Å². The van der Waals surface area contributed by atoms with Crippen LogP contribution in [0.4, 0.5) is 0 Å². The van der Waals surface area contributed by atoms with Gasteiger partial charge in [0.15, 0.2) is 0 Å². The Hall–Kier alpha value is -1.80. The van der Waals surface area contributed by atoms with Gasteiger partial charge in [0.2, 0.25) is 0 Å². The predicted octanol–water partition coefficient (Wildman–Crippen LogP) is 3.46. The van der Waals surface area contributed by atoms with E-state index in [1.54, 1.807) is 0 Å². The van der Waals surface area contributed by atoms with E-state index < -0.39 is 0 Å². The number of para-hydroxylation sites is 1. The maximum Gasteiger partial charge on any atom is 0.119 e. The van der Waals surface area contributed by atoms with Crippen LogP contribution in [0.3, 0.4) is 0 Å². The van der Waals surface area contributed by atoms with Gasteiger partial charge in [-0.25, -0.2) is 0 Å². The molecular weight excluding hydrogens is 246 g/mol. The number of piperidine rings is 1. The standard InChI is InChI=1S/C18H21NO/c1-3-7-15(8-4-1)18-11-12-19-13-16(18)14-20-17-9-5-2-6-10-17/h1-10,16,18-19H,11-14H2/t16-,18-/m0/s1. The zero-order chi connectivity index (χ0) is 13.6. The van der Waals surface area contributed by atoms with Gasteiger partial charge in [-0.2, -0.15) is 0 Å². The second-order valence-electron chi connectivity index (χ2n) is 5.39. The number of rotatable bonds is 4. The number of nitrogens with one attached hydrogen (secondary N) is 1. The van der Waals surface area contributed by atoms with Crippen molar-refractivity contribution in [2.24, 2.45) is 5.92 Å². The second-order valence-corrected chi connectivity index (χ2v) is 5.39. The fourth-order valence-corrected chi connectivity index (χ4v) is 2.96. The van der Waals surface area contributed by atoms with Gasteiger partial charge >= 0.3 is 0 Å². The lowest BCUT2D eigenvalue weighted by Gasteiger charge is -2.32. The van der Waals surface area contributed by atoms with Crippen molar-refractivity contribution < 1.29 is 4.74 Å². The van der Waals surface area contributed by atoms with E-state index in [1.807, 2.05) is 30.3 Å². The van der Waals surface area contributed by atoms with Crippen molar-refractivity contribution in [2.45, 2.75) is 12.3 Å². The maximum absolute atomic E-state index is 5.96. The first-order chi connectivity index (χ1) is 9.93. The summed E-state index contributed by atoms with van der Waals surface area (Å²) in [6.45, 7) is 2.91. The topological polar surface area (TPSA) is 21.3 Å². The number of hydrogen-bond acceptors (Lipinski definition) is 2. The third-order valence-corrected chi connectivity index (χ3v) is 4.04. The summed E-state index contributed by atoms with van der Waals surface area (Å²) >= 11 is 0. The molecule has 2 heteroatoms. The van der Waals surface area contributed by atoms with Crippen molar-refractivity contribution in [2.75, 3.05) is 19.7 Å². The predicted molar refractivity (Wildman–Crippen MR) is 82.1 cm³/mol. The van der Waals surface area contributed by atoms with Crippen molar-refractivity contribution in [3.05, 3.63) is 66.2 Å². The minimum Gasteiger partial charge on any atom is -0.493 e. The van der Waals surface area contributed by atoms with Crippen LogP contribution < -0.4 is 10.1 Å². The van der Waals surface area contributed by atoms with Crippen LogP contribution >= 0.6 is 0 Å². The Kier molecular flexibility index (Phi) is 4.34. The molecule has 1 aliphatic rings. The summed E-state index contributed by atoms with van der Waals surface area (Å²) < 4.78 is 5.96. The van der Waals surface area contributed by atoms with Crippen LogP contribution in [0.25, 0.3) is 0 Å². The molecule has 0 bridgehead atoms. The van der Waals surface area contributed by atoms with E-state index in [2.05, 4.69) is 35.6 Å². The van der Waals surface area contributed by atoms with E-state index >= 15 is 0 Å². The molecule has 2 aromatic rings. The third-order valence-electron chi connectivity index (χ3n) is 4.04. The maximum atomic E-state index is 5.96. The van der Waals surface area contributed by atoms with Crippen LogP contribution in [0.1, 0.15) is 17.9 Å². The molecule has 1 N–H and O–H groups in total. The summed E-state index contributed by atoms with van der Waals surface area (Å²) in [5, 5.41) is 3.49. The molecular formula is C18H21NO. The highest BCUT2D eigenvalue weighted by Gasteiger charge is 2.26. The third kappa shape index (κ3) is 3.20. The van der Waals surface area contributed by atoms with Crippen LogP contribution in [-0.4, -0.2) is 19.7 Å². The molecule has 0 aromatic heterocycles. The van der Waals surface area contributed by atoms with Gasteiger partial charge in [0.05, 0.1) is 6.61 Å². The number of hydrogen-bond donors (Lipinski definition) is 1. The lowest BCUT2D eigenvalue weighted by atomic mass is 9.81. The molecule has 20 heavy (non-hydrogen) atoms. The fourth-order valence-electron chi connectivity index (χ4n) is 2.96. The summed E-state index contributed by atoms with van der Waals surface area (Å²) in [6.07, 6.45) is 1.19. The Bertz CT molecular complexity index is 511. The van der Waals surface area contributed by atoms with Crippen LogP contribution in [0.15, 0.2) is 60.7 Å². The first kappa shape index (κ1) is 13.2. The molecule has 104 valence electrons. The van der Waals surface area contributed by atoms with E-state index in [1.165, 1.54) is 12.0 Å². The van der Waals surface area contributed by atoms with E-state index in [9.17, 15) is 0 Å². The Morgan fingerprint density at radius 1 is 0.950 bits per heavy atom. The molecule has 0 unspecified atom stereocenters. The van der Waals surface area contributed by atoms with Gasteiger partial charge in [-0.15, -0.1) is 0 Å². The van der Waals surface area contributed by atoms with E-state index in [4.69, 9.17) is 4.74 Å². The highest BCUT2D eigenvalue weighted by atomic mass is 16.5. The highest BCUT2D eigenvalue weighted by Crippen LogP contribution is 2.30. The summed E-state index contributed by atoms with van der Waals surface area (Å²) in [4.78, 5) is 0. The Balaban J connectivity index is 1.67. The fraction of sp³-hybridized carbons (Fsp3) is 0.333. The van der Waals surface area contributed by atoms with Crippen molar-refractivity contribution in [3.8, 4) is 5.75 Å². The summed E-state index contributed by atoms with van der Waals surface area (Å²) in [5.41, 5.74) is 1.44. The molecule has 1 fully saturated rings. The lowest BCUT2D eigenvalue weighted by molar-refractivity contribution is 0.197. The smallest absolute Gasteiger partial charge is 0.119 e. The molecule has 1 heterocycles. The van der Waals surface area contributed by atoms with Crippen molar-refractivity contribution in [1.82, 2.24) is 5.32 Å². The average molecular weight is 267 g/mol. The largest absolute Gasteiger partial charge is 0.493 e. The molecule has 1 aliphatic heterocycles. The van der Waals surface area contributed by atoms with Gasteiger partial charge in [-0.3, -0.25) is 0 Å². The van der Waals surface area contributed by atoms with Gasteiger partial charge in [-0.05, 0) is 36.6 Å². The molecule has 0 spiro atoms. The normalized spacial score (nSPS) is 22.4. The minimum atomic E-state index is 0.534. The van der Waals surface area contributed by atoms with Crippen molar-refractivity contribution in [3.63, 3.8) is 0 Å². The van der Waals surface area contributed by atoms with Gasteiger partial charge in [0.1, 0.15) is 5.75 Å². The first-order valence-corrected chi connectivity index (χ1v) is 7.37. The number of benzene rings is 2. The van der Waals surface area contributed by atoms with Crippen molar-refractivity contribution >= 4 is 0 Å². The molecule has 0 saturated carbocycles. The molecule has 1 saturated heterocycles. The minimum absolute atomic E-state index is 0.534. The average Bonchev–Trinajstić information content (AvgIpc) is 2.55. The summed E-state index contributed by atoms with van der Waals surface area (Å²) in [7, 11) is 0. The van der Waals surface area contributed by atoms with E-state index in [0.29, 0.717) is 11.8 Å². The highest BCUT2D eigenvalue weighted by molar-refractivity contribution is 5.23. The van der Waals surface area contributed by atoms with Crippen LogP contribution in [0.5, 0.6) is 5.75 Å². The Morgan fingerprint density at radius 2 is 1.65 bits per heavy atom. The molecule has 3 rings (SSSR count). The van der Waals surface area contributed by atoms with Crippen LogP contribution in [-0.2, 0) is 0 Å². The first-order valence-electron chi connectivity index (χ1n) is 7.37. The van der Waals surface area contributed by atoms with Gasteiger partial charge in [0, 0.05) is 12.5 Å². The second kappa shape index (κ2) is 6.58. The SMILES string of the molecule is c1ccc(OC[C@@H]2CNCC[C@H]2c2ccccc2)cc1. The quantitative estimate of drug-likeness (QED) is 0.916. The lowest BCUT2D eigenvalue weighted by Crippen LogP contribution is -2.38. The summed E-state index contributed by atoms with van der Waals surface area (Å²) in [5.74, 6) is 2.09. The zero-order valence-corrected chi connectivity index (χ0v) is 11.7. The number of ether oxygens (including phenoxy) is 1. The van der Waals surface area contributed by atoms with Crippen LogP contribution in [0, 0.1) is 5.92 Å². The summed E-state index contributed by atoms with van der Waals surface area (Å²) in [6, 6.07) is 20.9. The Morgan fingerprint density at radius 3 is 2.40 bits per heavy atom. The molecule has 2 nitrogen and oxygen atoms in total. The molecule has 2 aromatic carbocycles. The molecule has 0 aliphatic carbocycles. The van der Waals surface area contributed by atoms with E-state index in [-0.39, 0.29) is 0 Å².